The van der Waals surface area contributed by atoms with Crippen LogP contribution in [0, 0.1) is 5.92 Å². The number of alkyl halides is 2. The molecule has 0 radical (unpaired) electrons. The van der Waals surface area contributed by atoms with Crippen LogP contribution in [-0.4, -0.2) is 5.13 Å². The van der Waals surface area contributed by atoms with Crippen LogP contribution >= 0.6 is 11.6 Å². The zero-order valence-corrected chi connectivity index (χ0v) is 9.97. The number of hydrogen-bond donors (Lipinski definition) is 1. The van der Waals surface area contributed by atoms with Crippen LogP contribution in [0.4, 0.5) is 4.39 Å². The quantitative estimate of drug-likeness (QED) is 0.789. The van der Waals surface area contributed by atoms with Gasteiger partial charge in [0, 0.05) is 18.2 Å². The van der Waals surface area contributed by atoms with Crippen molar-refractivity contribution in [3.05, 3.63) is 48.2 Å². The van der Waals surface area contributed by atoms with Crippen molar-refractivity contribution in [2.45, 2.75) is 24.5 Å². The molecule has 1 N–H and O–H groups in total. The summed E-state index contributed by atoms with van der Waals surface area (Å²) in [5.41, 5.74) is 1.84. The van der Waals surface area contributed by atoms with Gasteiger partial charge in [-0.1, -0.05) is 48.5 Å². The van der Waals surface area contributed by atoms with E-state index in [2.05, 4.69) is 11.9 Å². The molecule has 1 aromatic rings. The fraction of sp³-hybridized carbons (Fsp3) is 0.385. The average Bonchev–Trinajstić information content (AvgIpc) is 2.89. The van der Waals surface area contributed by atoms with E-state index in [1.807, 2.05) is 37.3 Å². The number of halogens is 2. The Morgan fingerprint density at radius 3 is 2.62 bits per heavy atom. The molecule has 2 unspecified atom stereocenters. The number of hydrogen-bond acceptors (Lipinski definition) is 1. The predicted octanol–water partition coefficient (Wildman–Crippen LogP) is 3.78. The minimum absolute atomic E-state index is 0.127. The molecule has 86 valence electrons. The van der Waals surface area contributed by atoms with E-state index in [0.717, 1.165) is 5.56 Å². The first kappa shape index (κ1) is 11.5. The summed E-state index contributed by atoms with van der Waals surface area (Å²) in [5.74, 6) is -0.250. The molecule has 0 amide bonds. The third-order valence-electron chi connectivity index (χ3n) is 2.95. The Bertz CT molecular complexity index is 388. The Hall–Kier alpha value is -1.02. The molecule has 1 aliphatic carbocycles. The maximum absolute atomic E-state index is 13.2. The number of benzene rings is 1. The van der Waals surface area contributed by atoms with Crippen molar-refractivity contribution >= 4 is 11.6 Å². The van der Waals surface area contributed by atoms with Gasteiger partial charge in [0.1, 0.15) is 0 Å². The van der Waals surface area contributed by atoms with Gasteiger partial charge in [0.05, 0.1) is 5.92 Å². The highest BCUT2D eigenvalue weighted by atomic mass is 35.5. The van der Waals surface area contributed by atoms with Gasteiger partial charge in [-0.15, -0.1) is 0 Å². The molecule has 0 aliphatic heterocycles. The Kier molecular flexibility index (Phi) is 2.94. The van der Waals surface area contributed by atoms with E-state index in [-0.39, 0.29) is 12.0 Å². The molecule has 0 aromatic heterocycles. The molecule has 3 atom stereocenters. The third kappa shape index (κ3) is 2.38. The summed E-state index contributed by atoms with van der Waals surface area (Å²) in [6.45, 7) is 5.87. The van der Waals surface area contributed by atoms with Crippen LogP contribution in [-0.2, 0) is 0 Å². The number of rotatable bonds is 4. The number of allylic oxidation sites excluding steroid dienone is 1. The zero-order valence-electron chi connectivity index (χ0n) is 9.21. The van der Waals surface area contributed by atoms with Crippen molar-refractivity contribution in [1.82, 2.24) is 5.32 Å². The maximum atomic E-state index is 13.2. The van der Waals surface area contributed by atoms with E-state index in [4.69, 9.17) is 11.6 Å². The van der Waals surface area contributed by atoms with Crippen molar-refractivity contribution in [3.8, 4) is 0 Å². The van der Waals surface area contributed by atoms with E-state index in [1.54, 1.807) is 0 Å². The summed E-state index contributed by atoms with van der Waals surface area (Å²) < 4.78 is 13.2. The second-order valence-electron chi connectivity index (χ2n) is 4.32. The van der Waals surface area contributed by atoms with Gasteiger partial charge in [0.25, 0.3) is 0 Å². The first-order valence-corrected chi connectivity index (χ1v) is 5.76. The monoisotopic (exact) mass is 239 g/mol. The summed E-state index contributed by atoms with van der Waals surface area (Å²) in [4.78, 5) is 0. The molecule has 16 heavy (non-hydrogen) atoms. The van der Waals surface area contributed by atoms with Crippen LogP contribution in [0.15, 0.2) is 42.6 Å². The predicted molar refractivity (Wildman–Crippen MR) is 64.9 cm³/mol. The van der Waals surface area contributed by atoms with Crippen molar-refractivity contribution in [2.24, 2.45) is 5.92 Å². The van der Waals surface area contributed by atoms with Crippen LogP contribution in [0.25, 0.3) is 0 Å². The lowest BCUT2D eigenvalue weighted by Crippen LogP contribution is -2.19. The lowest BCUT2D eigenvalue weighted by atomic mass is 10.1. The molecule has 1 saturated carbocycles. The first-order chi connectivity index (χ1) is 7.50. The molecule has 0 heterocycles. The molecular formula is C13H15ClFN. The molecule has 0 saturated heterocycles. The van der Waals surface area contributed by atoms with Gasteiger partial charge in [-0.2, -0.15) is 0 Å². The van der Waals surface area contributed by atoms with Crippen LogP contribution in [0.3, 0.4) is 0 Å². The summed E-state index contributed by atoms with van der Waals surface area (Å²) in [6, 6.07) is 10.1. The Labute approximate surface area is 100 Å². The molecule has 1 aliphatic rings. The normalized spacial score (nSPS) is 29.6. The van der Waals surface area contributed by atoms with Crippen LogP contribution in [0.1, 0.15) is 24.9 Å². The van der Waals surface area contributed by atoms with Crippen LogP contribution in [0.2, 0.25) is 0 Å². The molecular weight excluding hydrogens is 225 g/mol. The third-order valence-corrected chi connectivity index (χ3v) is 3.37. The van der Waals surface area contributed by atoms with Gasteiger partial charge < -0.3 is 5.32 Å². The minimum atomic E-state index is -1.57. The minimum Gasteiger partial charge on any atom is -0.382 e. The highest BCUT2D eigenvalue weighted by Gasteiger charge is 2.55. The van der Waals surface area contributed by atoms with Crippen molar-refractivity contribution in [1.29, 1.82) is 0 Å². The maximum Gasteiger partial charge on any atom is 0.192 e. The van der Waals surface area contributed by atoms with Gasteiger partial charge in [0.15, 0.2) is 5.13 Å². The summed E-state index contributed by atoms with van der Waals surface area (Å²) in [7, 11) is 0. The number of nitrogens with one attached hydrogen (secondary N) is 1. The Balaban J connectivity index is 1.94. The lowest BCUT2D eigenvalue weighted by Gasteiger charge is -2.17. The highest BCUT2D eigenvalue weighted by molar-refractivity contribution is 6.25. The van der Waals surface area contributed by atoms with E-state index in [1.165, 1.54) is 0 Å². The van der Waals surface area contributed by atoms with Crippen molar-refractivity contribution < 1.29 is 4.39 Å². The van der Waals surface area contributed by atoms with Gasteiger partial charge in [-0.25, -0.2) is 4.39 Å². The second kappa shape index (κ2) is 4.10. The fourth-order valence-corrected chi connectivity index (χ4v) is 2.08. The van der Waals surface area contributed by atoms with Crippen molar-refractivity contribution in [3.63, 3.8) is 0 Å². The largest absolute Gasteiger partial charge is 0.382 e. The highest BCUT2D eigenvalue weighted by Crippen LogP contribution is 2.54. The Morgan fingerprint density at radius 1 is 1.56 bits per heavy atom. The standard InChI is InChI=1S/C13H15ClFN/c1-9(11-6-4-3-5-7-11)16-10(2)12-8-13(12,14)15/h3-7,9,12,16H,2,8H2,1H3/t9-,12?,13?/m1/s1. The molecule has 2 rings (SSSR count). The zero-order chi connectivity index (χ0) is 11.8. The molecule has 1 aromatic carbocycles. The van der Waals surface area contributed by atoms with Crippen LogP contribution < -0.4 is 5.32 Å². The molecule has 1 fully saturated rings. The summed E-state index contributed by atoms with van der Waals surface area (Å²) in [6.07, 6.45) is 0.363. The topological polar surface area (TPSA) is 12.0 Å². The SMILES string of the molecule is C=C(N[C@H](C)c1ccccc1)C1CC1(F)Cl. The van der Waals surface area contributed by atoms with E-state index in [9.17, 15) is 4.39 Å². The van der Waals surface area contributed by atoms with E-state index >= 15 is 0 Å². The molecule has 3 heteroatoms. The molecule has 1 nitrogen and oxygen atoms in total. The van der Waals surface area contributed by atoms with E-state index < -0.39 is 5.13 Å². The summed E-state index contributed by atoms with van der Waals surface area (Å²) >= 11 is 5.56. The fourth-order valence-electron chi connectivity index (χ4n) is 1.80. The second-order valence-corrected chi connectivity index (χ2v) is 4.95. The van der Waals surface area contributed by atoms with E-state index in [0.29, 0.717) is 12.1 Å². The average molecular weight is 240 g/mol. The lowest BCUT2D eigenvalue weighted by molar-refractivity contribution is 0.400. The van der Waals surface area contributed by atoms with Crippen LogP contribution in [0.5, 0.6) is 0 Å². The molecule has 0 spiro atoms. The summed E-state index contributed by atoms with van der Waals surface area (Å²) in [5, 5.41) is 1.63. The first-order valence-electron chi connectivity index (χ1n) is 5.39. The Morgan fingerprint density at radius 2 is 2.12 bits per heavy atom. The van der Waals surface area contributed by atoms with Gasteiger partial charge >= 0.3 is 0 Å². The van der Waals surface area contributed by atoms with Gasteiger partial charge in [0.2, 0.25) is 0 Å². The van der Waals surface area contributed by atoms with Gasteiger partial charge in [-0.05, 0) is 12.5 Å². The van der Waals surface area contributed by atoms with Crippen molar-refractivity contribution in [2.75, 3.05) is 0 Å². The molecule has 0 bridgehead atoms. The van der Waals surface area contributed by atoms with Gasteiger partial charge in [-0.3, -0.25) is 0 Å². The smallest absolute Gasteiger partial charge is 0.192 e.